The Hall–Kier alpha value is -0.660. The van der Waals surface area contributed by atoms with Gasteiger partial charge in [0.2, 0.25) is 0 Å². The van der Waals surface area contributed by atoms with Crippen molar-refractivity contribution in [2.45, 2.75) is 47.0 Å². The Bertz CT molecular complexity index is 161. The minimum absolute atomic E-state index is 0.106. The van der Waals surface area contributed by atoms with Crippen LogP contribution < -0.4 is 0 Å². The van der Waals surface area contributed by atoms with Crippen LogP contribution in [0.25, 0.3) is 0 Å². The van der Waals surface area contributed by atoms with E-state index in [1.54, 1.807) is 0 Å². The largest absolute Gasteiger partial charge is 0.299 e. The second-order valence-corrected chi connectivity index (χ2v) is 4.10. The van der Waals surface area contributed by atoms with Gasteiger partial charge in [0, 0.05) is 24.7 Å². The number of rotatable bonds is 6. The Labute approximate surface area is 80.7 Å². The first-order valence-electron chi connectivity index (χ1n) is 5.00. The molecule has 0 N–H and O–H groups in total. The van der Waals surface area contributed by atoms with Gasteiger partial charge in [-0.05, 0) is 6.42 Å². The molecule has 0 aromatic rings. The quantitative estimate of drug-likeness (QED) is 0.636. The second kappa shape index (κ2) is 5.90. The summed E-state index contributed by atoms with van der Waals surface area (Å²) in [5, 5.41) is 0. The summed E-state index contributed by atoms with van der Waals surface area (Å²) in [7, 11) is 0. The molecule has 2 heteroatoms. The molecule has 0 atom stereocenters. The Morgan fingerprint density at radius 3 is 1.38 bits per heavy atom. The summed E-state index contributed by atoms with van der Waals surface area (Å²) in [5.41, 5.74) is 0. The lowest BCUT2D eigenvalue weighted by atomic mass is 9.99. The van der Waals surface area contributed by atoms with Gasteiger partial charge in [-0.15, -0.1) is 0 Å². The number of Topliss-reactive ketones (excluding diaryl/α,β-unsaturated/α-hetero) is 2. The van der Waals surface area contributed by atoms with Crippen LogP contribution in [0.3, 0.4) is 0 Å². The highest BCUT2D eigenvalue weighted by molar-refractivity contribution is 5.83. The molecule has 0 aromatic carbocycles. The van der Waals surface area contributed by atoms with Crippen molar-refractivity contribution in [1.29, 1.82) is 0 Å². The molecular weight excluding hydrogens is 164 g/mol. The maximum absolute atomic E-state index is 11.2. The van der Waals surface area contributed by atoms with E-state index in [1.165, 1.54) is 0 Å². The molecule has 0 aliphatic carbocycles. The third kappa shape index (κ3) is 5.56. The maximum Gasteiger partial charge on any atom is 0.135 e. The van der Waals surface area contributed by atoms with Crippen molar-refractivity contribution in [3.63, 3.8) is 0 Å². The molecule has 13 heavy (non-hydrogen) atoms. The van der Waals surface area contributed by atoms with Gasteiger partial charge in [-0.3, -0.25) is 9.59 Å². The second-order valence-electron chi connectivity index (χ2n) is 4.10. The standard InChI is InChI=1S/C11H20O2/c1-8(2)10(12)6-5-7-11(13)9(3)4/h8-9H,5-7H2,1-4H3. The summed E-state index contributed by atoms with van der Waals surface area (Å²) in [6.07, 6.45) is 1.82. The maximum atomic E-state index is 11.2. The van der Waals surface area contributed by atoms with Crippen molar-refractivity contribution in [1.82, 2.24) is 0 Å². The highest BCUT2D eigenvalue weighted by atomic mass is 16.1. The van der Waals surface area contributed by atoms with Gasteiger partial charge in [0.25, 0.3) is 0 Å². The van der Waals surface area contributed by atoms with Crippen LogP contribution in [0.1, 0.15) is 47.0 Å². The summed E-state index contributed by atoms with van der Waals surface area (Å²) in [6, 6.07) is 0. The normalized spacial score (nSPS) is 10.9. The molecule has 0 saturated heterocycles. The molecule has 0 saturated carbocycles. The van der Waals surface area contributed by atoms with Crippen LogP contribution in [0.15, 0.2) is 0 Å². The Morgan fingerprint density at radius 1 is 0.846 bits per heavy atom. The van der Waals surface area contributed by atoms with Crippen LogP contribution in [-0.4, -0.2) is 11.6 Å². The average Bonchev–Trinajstić information content (AvgIpc) is 2.03. The van der Waals surface area contributed by atoms with E-state index in [2.05, 4.69) is 0 Å². The van der Waals surface area contributed by atoms with E-state index in [0.717, 1.165) is 0 Å². The fourth-order valence-electron chi connectivity index (χ4n) is 1.01. The molecule has 0 amide bonds. The topological polar surface area (TPSA) is 34.1 Å². The predicted molar refractivity (Wildman–Crippen MR) is 53.5 cm³/mol. The first-order valence-corrected chi connectivity index (χ1v) is 5.00. The van der Waals surface area contributed by atoms with Crippen LogP contribution >= 0.6 is 0 Å². The minimum atomic E-state index is 0.106. The minimum Gasteiger partial charge on any atom is -0.299 e. The molecule has 0 rings (SSSR count). The van der Waals surface area contributed by atoms with E-state index in [9.17, 15) is 9.59 Å². The molecule has 76 valence electrons. The zero-order chi connectivity index (χ0) is 10.4. The van der Waals surface area contributed by atoms with E-state index in [4.69, 9.17) is 0 Å². The molecule has 0 fully saturated rings. The van der Waals surface area contributed by atoms with Crippen LogP contribution in [0.2, 0.25) is 0 Å². The Morgan fingerprint density at radius 2 is 1.15 bits per heavy atom. The number of ketones is 2. The third-order valence-corrected chi connectivity index (χ3v) is 2.13. The lowest BCUT2D eigenvalue weighted by Gasteiger charge is -2.05. The molecule has 0 aliphatic rings. The molecular formula is C11H20O2. The van der Waals surface area contributed by atoms with Gasteiger partial charge in [0.1, 0.15) is 11.6 Å². The van der Waals surface area contributed by atoms with Crippen LogP contribution in [0, 0.1) is 11.8 Å². The summed E-state index contributed by atoms with van der Waals surface area (Å²) in [5.74, 6) is 0.733. The molecule has 0 bridgehead atoms. The summed E-state index contributed by atoms with van der Waals surface area (Å²) < 4.78 is 0. The van der Waals surface area contributed by atoms with Gasteiger partial charge in [-0.1, -0.05) is 27.7 Å². The first-order chi connectivity index (χ1) is 5.95. The number of carbonyl (C=O) groups is 2. The molecule has 2 nitrogen and oxygen atoms in total. The molecule has 0 spiro atoms. The number of hydrogen-bond donors (Lipinski definition) is 0. The number of carbonyl (C=O) groups excluding carboxylic acids is 2. The van der Waals surface area contributed by atoms with E-state index in [1.807, 2.05) is 27.7 Å². The molecule has 0 aliphatic heterocycles. The van der Waals surface area contributed by atoms with E-state index in [-0.39, 0.29) is 23.4 Å². The van der Waals surface area contributed by atoms with Crippen molar-refractivity contribution >= 4 is 11.6 Å². The van der Waals surface area contributed by atoms with Crippen LogP contribution in [0.5, 0.6) is 0 Å². The van der Waals surface area contributed by atoms with Crippen molar-refractivity contribution in [3.8, 4) is 0 Å². The van der Waals surface area contributed by atoms with Crippen molar-refractivity contribution in [2.75, 3.05) is 0 Å². The highest BCUT2D eigenvalue weighted by Gasteiger charge is 2.10. The fraction of sp³-hybridized carbons (Fsp3) is 0.818. The smallest absolute Gasteiger partial charge is 0.135 e. The first kappa shape index (κ1) is 12.3. The van der Waals surface area contributed by atoms with Gasteiger partial charge in [-0.2, -0.15) is 0 Å². The summed E-state index contributed by atoms with van der Waals surface area (Å²) in [4.78, 5) is 22.4. The van der Waals surface area contributed by atoms with Gasteiger partial charge < -0.3 is 0 Å². The predicted octanol–water partition coefficient (Wildman–Crippen LogP) is 2.61. The number of hydrogen-bond acceptors (Lipinski definition) is 2. The third-order valence-electron chi connectivity index (χ3n) is 2.13. The lowest BCUT2D eigenvalue weighted by Crippen LogP contribution is -2.10. The van der Waals surface area contributed by atoms with Crippen molar-refractivity contribution in [3.05, 3.63) is 0 Å². The molecule has 0 unspecified atom stereocenters. The van der Waals surface area contributed by atoms with Crippen molar-refractivity contribution < 1.29 is 9.59 Å². The summed E-state index contributed by atoms with van der Waals surface area (Å²) in [6.45, 7) is 7.58. The average molecular weight is 184 g/mol. The fourth-order valence-corrected chi connectivity index (χ4v) is 1.01. The van der Waals surface area contributed by atoms with E-state index in [0.29, 0.717) is 19.3 Å². The monoisotopic (exact) mass is 184 g/mol. The molecule has 0 heterocycles. The SMILES string of the molecule is CC(C)C(=O)CCCC(=O)C(C)C. The van der Waals surface area contributed by atoms with Gasteiger partial charge in [0.15, 0.2) is 0 Å². The van der Waals surface area contributed by atoms with E-state index >= 15 is 0 Å². The van der Waals surface area contributed by atoms with Gasteiger partial charge in [-0.25, -0.2) is 0 Å². The molecule has 0 aromatic heterocycles. The lowest BCUT2D eigenvalue weighted by molar-refractivity contribution is -0.123. The van der Waals surface area contributed by atoms with Gasteiger partial charge >= 0.3 is 0 Å². The zero-order valence-corrected chi connectivity index (χ0v) is 9.09. The zero-order valence-electron chi connectivity index (χ0n) is 9.09. The van der Waals surface area contributed by atoms with Crippen molar-refractivity contribution in [2.24, 2.45) is 11.8 Å². The van der Waals surface area contributed by atoms with Crippen LogP contribution in [-0.2, 0) is 9.59 Å². The summed E-state index contributed by atoms with van der Waals surface area (Å²) >= 11 is 0. The Kier molecular flexibility index (Phi) is 5.60. The highest BCUT2D eigenvalue weighted by Crippen LogP contribution is 2.07. The van der Waals surface area contributed by atoms with Gasteiger partial charge in [0.05, 0.1) is 0 Å². The Balaban J connectivity index is 3.57. The molecule has 0 radical (unpaired) electrons. The van der Waals surface area contributed by atoms with Crippen LogP contribution in [0.4, 0.5) is 0 Å². The van der Waals surface area contributed by atoms with E-state index < -0.39 is 0 Å².